The zero-order valence-electron chi connectivity index (χ0n) is 12.6. The molecule has 0 unspecified atom stereocenters. The first-order valence-electron chi connectivity index (χ1n) is 6.95. The molecule has 0 aliphatic rings. The summed E-state index contributed by atoms with van der Waals surface area (Å²) in [6, 6.07) is 9.43. The van der Waals surface area contributed by atoms with Gasteiger partial charge in [-0.05, 0) is 55.2 Å². The summed E-state index contributed by atoms with van der Waals surface area (Å²) in [4.78, 5) is 16.0. The topological polar surface area (TPSA) is 51.2 Å². The van der Waals surface area contributed by atoms with Crippen LogP contribution in [0.5, 0.6) is 5.75 Å². The van der Waals surface area contributed by atoms with Gasteiger partial charge < -0.3 is 10.1 Å². The number of rotatable bonds is 5. The van der Waals surface area contributed by atoms with Crippen LogP contribution in [0.1, 0.15) is 27.2 Å². The van der Waals surface area contributed by atoms with E-state index in [1.807, 2.05) is 13.0 Å². The number of amides is 1. The second-order valence-electron chi connectivity index (χ2n) is 4.98. The molecule has 110 valence electrons. The minimum atomic E-state index is -0.153. The van der Waals surface area contributed by atoms with Crippen LogP contribution >= 0.6 is 0 Å². The molecule has 21 heavy (non-hydrogen) atoms. The van der Waals surface area contributed by atoms with E-state index in [-0.39, 0.29) is 5.91 Å². The van der Waals surface area contributed by atoms with Gasteiger partial charge in [0, 0.05) is 12.7 Å². The van der Waals surface area contributed by atoms with E-state index >= 15 is 0 Å². The molecule has 1 N–H and O–H groups in total. The lowest BCUT2D eigenvalue weighted by molar-refractivity contribution is 0.0949. The molecular formula is C17H20N2O2. The molecule has 0 bridgehead atoms. The molecule has 0 saturated heterocycles. The predicted octanol–water partition coefficient (Wildman–Crippen LogP) is 2.68. The summed E-state index contributed by atoms with van der Waals surface area (Å²) in [5, 5.41) is 2.88. The lowest BCUT2D eigenvalue weighted by Crippen LogP contribution is -2.26. The fraction of sp³-hybridized carbons (Fsp3) is 0.294. The fourth-order valence-corrected chi connectivity index (χ4v) is 2.35. The molecule has 4 heteroatoms. The van der Waals surface area contributed by atoms with Crippen LogP contribution in [0, 0.1) is 13.8 Å². The fourth-order valence-electron chi connectivity index (χ4n) is 2.35. The summed E-state index contributed by atoms with van der Waals surface area (Å²) in [7, 11) is 1.67. The van der Waals surface area contributed by atoms with Crippen LogP contribution in [0.4, 0.5) is 0 Å². The number of nitrogens with one attached hydrogen (secondary N) is 1. The van der Waals surface area contributed by atoms with Crippen LogP contribution in [0.25, 0.3) is 0 Å². The molecule has 0 aliphatic carbocycles. The maximum atomic E-state index is 11.9. The summed E-state index contributed by atoms with van der Waals surface area (Å²) in [5.74, 6) is 0.721. The van der Waals surface area contributed by atoms with Crippen molar-refractivity contribution in [2.24, 2.45) is 0 Å². The molecule has 0 saturated carbocycles. The van der Waals surface area contributed by atoms with E-state index in [2.05, 4.69) is 23.3 Å². The van der Waals surface area contributed by atoms with Crippen molar-refractivity contribution in [1.29, 1.82) is 0 Å². The normalized spacial score (nSPS) is 10.2. The first kappa shape index (κ1) is 15.0. The van der Waals surface area contributed by atoms with Gasteiger partial charge in [-0.2, -0.15) is 0 Å². The Hall–Kier alpha value is -2.36. The minimum absolute atomic E-state index is 0.153. The number of methoxy groups -OCH3 is 1. The van der Waals surface area contributed by atoms with Gasteiger partial charge in [0.1, 0.15) is 11.4 Å². The molecule has 1 aromatic heterocycles. The van der Waals surface area contributed by atoms with Crippen LogP contribution in [-0.4, -0.2) is 24.5 Å². The summed E-state index contributed by atoms with van der Waals surface area (Å²) in [6.07, 6.45) is 2.34. The molecule has 1 amide bonds. The maximum absolute atomic E-state index is 11.9. The van der Waals surface area contributed by atoms with Gasteiger partial charge in [0.2, 0.25) is 0 Å². The molecule has 0 spiro atoms. The van der Waals surface area contributed by atoms with E-state index < -0.39 is 0 Å². The SMILES string of the molecule is COc1cc(C)cc(C)c1CCNC(=O)c1ccccn1. The van der Waals surface area contributed by atoms with Crippen molar-refractivity contribution in [1.82, 2.24) is 10.3 Å². The molecule has 0 atom stereocenters. The number of hydrogen-bond donors (Lipinski definition) is 1. The third-order valence-electron chi connectivity index (χ3n) is 3.35. The summed E-state index contributed by atoms with van der Waals surface area (Å²) >= 11 is 0. The van der Waals surface area contributed by atoms with Crippen LogP contribution in [-0.2, 0) is 6.42 Å². The van der Waals surface area contributed by atoms with Crippen molar-refractivity contribution >= 4 is 5.91 Å². The van der Waals surface area contributed by atoms with Gasteiger partial charge in [0.15, 0.2) is 0 Å². The number of aryl methyl sites for hydroxylation is 2. The molecule has 1 heterocycles. The Morgan fingerprint density at radius 3 is 2.76 bits per heavy atom. The Kier molecular flexibility index (Phi) is 4.93. The van der Waals surface area contributed by atoms with Gasteiger partial charge in [0.25, 0.3) is 5.91 Å². The molecule has 2 rings (SSSR count). The van der Waals surface area contributed by atoms with Crippen LogP contribution in [0.2, 0.25) is 0 Å². The third-order valence-corrected chi connectivity index (χ3v) is 3.35. The van der Waals surface area contributed by atoms with Gasteiger partial charge in [-0.25, -0.2) is 0 Å². The first-order valence-corrected chi connectivity index (χ1v) is 6.95. The van der Waals surface area contributed by atoms with Crippen molar-refractivity contribution in [2.75, 3.05) is 13.7 Å². The Morgan fingerprint density at radius 1 is 1.29 bits per heavy atom. The smallest absolute Gasteiger partial charge is 0.269 e. The minimum Gasteiger partial charge on any atom is -0.496 e. The standard InChI is InChI=1S/C17H20N2O2/c1-12-10-13(2)14(16(11-12)21-3)7-9-19-17(20)15-6-4-5-8-18-15/h4-6,8,10-11H,7,9H2,1-3H3,(H,19,20). The number of carbonyl (C=O) groups is 1. The van der Waals surface area contributed by atoms with E-state index in [0.29, 0.717) is 12.2 Å². The van der Waals surface area contributed by atoms with Crippen LogP contribution < -0.4 is 10.1 Å². The zero-order valence-corrected chi connectivity index (χ0v) is 12.6. The van der Waals surface area contributed by atoms with Crippen molar-refractivity contribution in [3.8, 4) is 5.75 Å². The average Bonchev–Trinajstić information content (AvgIpc) is 2.49. The summed E-state index contributed by atoms with van der Waals surface area (Å²) in [5.41, 5.74) is 3.92. The Bertz CT molecular complexity index is 624. The Balaban J connectivity index is 1.99. The van der Waals surface area contributed by atoms with Gasteiger partial charge in [-0.1, -0.05) is 12.1 Å². The zero-order chi connectivity index (χ0) is 15.2. The van der Waals surface area contributed by atoms with Crippen molar-refractivity contribution in [3.05, 3.63) is 58.9 Å². The second-order valence-corrected chi connectivity index (χ2v) is 4.98. The predicted molar refractivity (Wildman–Crippen MR) is 82.7 cm³/mol. The number of hydrogen-bond acceptors (Lipinski definition) is 3. The van der Waals surface area contributed by atoms with Crippen molar-refractivity contribution < 1.29 is 9.53 Å². The average molecular weight is 284 g/mol. The van der Waals surface area contributed by atoms with E-state index in [1.54, 1.807) is 31.5 Å². The quantitative estimate of drug-likeness (QED) is 0.918. The van der Waals surface area contributed by atoms with E-state index in [0.717, 1.165) is 17.7 Å². The van der Waals surface area contributed by atoms with Crippen LogP contribution in [0.3, 0.4) is 0 Å². The van der Waals surface area contributed by atoms with Gasteiger partial charge in [0.05, 0.1) is 7.11 Å². The number of aromatic nitrogens is 1. The highest BCUT2D eigenvalue weighted by molar-refractivity contribution is 5.92. The van der Waals surface area contributed by atoms with Crippen molar-refractivity contribution in [3.63, 3.8) is 0 Å². The first-order chi connectivity index (χ1) is 10.1. The van der Waals surface area contributed by atoms with E-state index in [4.69, 9.17) is 4.74 Å². The Labute approximate surface area is 125 Å². The number of carbonyl (C=O) groups excluding carboxylic acids is 1. The number of ether oxygens (including phenoxy) is 1. The third kappa shape index (κ3) is 3.81. The van der Waals surface area contributed by atoms with Crippen LogP contribution in [0.15, 0.2) is 36.5 Å². The van der Waals surface area contributed by atoms with Gasteiger partial charge in [-0.15, -0.1) is 0 Å². The Morgan fingerprint density at radius 2 is 2.10 bits per heavy atom. The second kappa shape index (κ2) is 6.88. The highest BCUT2D eigenvalue weighted by Crippen LogP contribution is 2.24. The molecular weight excluding hydrogens is 264 g/mol. The van der Waals surface area contributed by atoms with E-state index in [9.17, 15) is 4.79 Å². The number of benzene rings is 1. The number of nitrogens with zero attached hydrogens (tertiary/aromatic N) is 1. The highest BCUT2D eigenvalue weighted by atomic mass is 16.5. The lowest BCUT2D eigenvalue weighted by atomic mass is 10.0. The largest absolute Gasteiger partial charge is 0.496 e. The monoisotopic (exact) mass is 284 g/mol. The molecule has 1 aromatic carbocycles. The summed E-state index contributed by atoms with van der Waals surface area (Å²) in [6.45, 7) is 4.66. The van der Waals surface area contributed by atoms with E-state index in [1.165, 1.54) is 11.1 Å². The molecule has 0 fully saturated rings. The number of pyridine rings is 1. The van der Waals surface area contributed by atoms with Gasteiger partial charge in [-0.3, -0.25) is 9.78 Å². The van der Waals surface area contributed by atoms with Crippen molar-refractivity contribution in [2.45, 2.75) is 20.3 Å². The lowest BCUT2D eigenvalue weighted by Gasteiger charge is -2.13. The van der Waals surface area contributed by atoms with Gasteiger partial charge >= 0.3 is 0 Å². The maximum Gasteiger partial charge on any atom is 0.269 e. The molecule has 0 radical (unpaired) electrons. The molecule has 2 aromatic rings. The summed E-state index contributed by atoms with van der Waals surface area (Å²) < 4.78 is 5.42. The molecule has 0 aliphatic heterocycles. The molecule has 4 nitrogen and oxygen atoms in total. The highest BCUT2D eigenvalue weighted by Gasteiger charge is 2.09.